The SMILES string of the molecule is FCCNc1ccc(Cl)cc1Br. The summed E-state index contributed by atoms with van der Waals surface area (Å²) in [6.07, 6.45) is 0. The summed E-state index contributed by atoms with van der Waals surface area (Å²) in [5, 5.41) is 3.57. The second-order valence-corrected chi connectivity index (χ2v) is 3.53. The van der Waals surface area contributed by atoms with E-state index in [9.17, 15) is 4.39 Å². The summed E-state index contributed by atoms with van der Waals surface area (Å²) in [7, 11) is 0. The Morgan fingerprint density at radius 2 is 2.25 bits per heavy atom. The Morgan fingerprint density at radius 1 is 1.50 bits per heavy atom. The summed E-state index contributed by atoms with van der Waals surface area (Å²) in [6, 6.07) is 5.33. The molecule has 1 nitrogen and oxygen atoms in total. The first-order valence-corrected chi connectivity index (χ1v) is 4.66. The molecule has 0 aliphatic carbocycles. The van der Waals surface area contributed by atoms with E-state index in [4.69, 9.17) is 11.6 Å². The van der Waals surface area contributed by atoms with Crippen molar-refractivity contribution in [3.63, 3.8) is 0 Å². The van der Waals surface area contributed by atoms with E-state index < -0.39 is 0 Å². The highest BCUT2D eigenvalue weighted by molar-refractivity contribution is 9.10. The lowest BCUT2D eigenvalue weighted by Crippen LogP contribution is -2.03. The van der Waals surface area contributed by atoms with Crippen molar-refractivity contribution in [1.29, 1.82) is 0 Å². The van der Waals surface area contributed by atoms with Crippen LogP contribution in [0, 0.1) is 0 Å². The first-order valence-electron chi connectivity index (χ1n) is 3.49. The molecule has 0 heterocycles. The lowest BCUT2D eigenvalue weighted by atomic mass is 10.3. The lowest BCUT2D eigenvalue weighted by molar-refractivity contribution is 0.512. The average Bonchev–Trinajstić information content (AvgIpc) is 2.03. The van der Waals surface area contributed by atoms with Crippen LogP contribution in [0.2, 0.25) is 5.02 Å². The maximum absolute atomic E-state index is 11.8. The van der Waals surface area contributed by atoms with Gasteiger partial charge in [-0.3, -0.25) is 0 Å². The van der Waals surface area contributed by atoms with E-state index in [2.05, 4.69) is 21.2 Å². The third-order valence-corrected chi connectivity index (χ3v) is 2.23. The van der Waals surface area contributed by atoms with Crippen LogP contribution in [0.15, 0.2) is 22.7 Å². The number of halogens is 3. The third kappa shape index (κ3) is 2.64. The highest BCUT2D eigenvalue weighted by Gasteiger charge is 1.98. The maximum Gasteiger partial charge on any atom is 0.107 e. The molecule has 0 spiro atoms. The van der Waals surface area contributed by atoms with Gasteiger partial charge in [-0.05, 0) is 34.1 Å². The zero-order valence-electron chi connectivity index (χ0n) is 6.28. The fraction of sp³-hybridized carbons (Fsp3) is 0.250. The van der Waals surface area contributed by atoms with Gasteiger partial charge >= 0.3 is 0 Å². The number of hydrogen-bond acceptors (Lipinski definition) is 1. The van der Waals surface area contributed by atoms with E-state index in [0.29, 0.717) is 11.6 Å². The molecule has 0 aliphatic heterocycles. The molecule has 1 aromatic carbocycles. The maximum atomic E-state index is 11.8. The molecule has 0 aliphatic rings. The molecule has 12 heavy (non-hydrogen) atoms. The van der Waals surface area contributed by atoms with Crippen LogP contribution in [0.25, 0.3) is 0 Å². The summed E-state index contributed by atoms with van der Waals surface area (Å²) in [5.74, 6) is 0. The van der Waals surface area contributed by atoms with Gasteiger partial charge in [0.05, 0.1) is 0 Å². The normalized spacial score (nSPS) is 9.92. The van der Waals surface area contributed by atoms with Gasteiger partial charge in [0.2, 0.25) is 0 Å². The van der Waals surface area contributed by atoms with Gasteiger partial charge in [-0.1, -0.05) is 11.6 Å². The largest absolute Gasteiger partial charge is 0.382 e. The lowest BCUT2D eigenvalue weighted by Gasteiger charge is -2.05. The minimum atomic E-state index is -0.380. The highest BCUT2D eigenvalue weighted by Crippen LogP contribution is 2.25. The van der Waals surface area contributed by atoms with Crippen LogP contribution in [0.5, 0.6) is 0 Å². The smallest absolute Gasteiger partial charge is 0.107 e. The molecule has 0 amide bonds. The van der Waals surface area contributed by atoms with Crippen LogP contribution in [-0.4, -0.2) is 13.2 Å². The number of rotatable bonds is 3. The van der Waals surface area contributed by atoms with Gasteiger partial charge < -0.3 is 5.32 Å². The first-order chi connectivity index (χ1) is 5.74. The van der Waals surface area contributed by atoms with Gasteiger partial charge in [-0.25, -0.2) is 4.39 Å². The Bertz CT molecular complexity index is 267. The van der Waals surface area contributed by atoms with Crippen LogP contribution < -0.4 is 5.32 Å². The van der Waals surface area contributed by atoms with E-state index in [0.717, 1.165) is 10.2 Å². The first kappa shape index (κ1) is 9.81. The second kappa shape index (κ2) is 4.67. The molecule has 1 aromatic rings. The number of hydrogen-bond donors (Lipinski definition) is 1. The van der Waals surface area contributed by atoms with Crippen molar-refractivity contribution in [2.75, 3.05) is 18.5 Å². The van der Waals surface area contributed by atoms with Crippen molar-refractivity contribution in [3.05, 3.63) is 27.7 Å². The van der Waals surface area contributed by atoms with Crippen molar-refractivity contribution < 1.29 is 4.39 Å². The van der Waals surface area contributed by atoms with Gasteiger partial charge in [0, 0.05) is 21.7 Å². The molecule has 1 rings (SSSR count). The molecule has 0 fully saturated rings. The van der Waals surface area contributed by atoms with Gasteiger partial charge in [-0.2, -0.15) is 0 Å². The molecular formula is C8H8BrClFN. The monoisotopic (exact) mass is 251 g/mol. The summed E-state index contributed by atoms with van der Waals surface area (Å²) in [5.41, 5.74) is 0.858. The minimum absolute atomic E-state index is 0.320. The van der Waals surface area contributed by atoms with Crippen LogP contribution in [0.4, 0.5) is 10.1 Å². The van der Waals surface area contributed by atoms with Crippen LogP contribution in [-0.2, 0) is 0 Å². The molecule has 0 atom stereocenters. The fourth-order valence-electron chi connectivity index (χ4n) is 0.815. The summed E-state index contributed by atoms with van der Waals surface area (Å²) in [4.78, 5) is 0. The topological polar surface area (TPSA) is 12.0 Å². The number of anilines is 1. The van der Waals surface area contributed by atoms with Crippen molar-refractivity contribution in [1.82, 2.24) is 0 Å². The van der Waals surface area contributed by atoms with Crippen molar-refractivity contribution >= 4 is 33.2 Å². The van der Waals surface area contributed by atoms with E-state index in [-0.39, 0.29) is 6.67 Å². The molecule has 0 saturated carbocycles. The van der Waals surface area contributed by atoms with E-state index in [1.807, 2.05) is 6.07 Å². The van der Waals surface area contributed by atoms with Gasteiger partial charge in [0.1, 0.15) is 6.67 Å². The van der Waals surface area contributed by atoms with Crippen molar-refractivity contribution in [3.8, 4) is 0 Å². The van der Waals surface area contributed by atoms with E-state index in [1.165, 1.54) is 0 Å². The third-order valence-electron chi connectivity index (χ3n) is 1.34. The molecule has 0 unspecified atom stereocenters. The van der Waals surface area contributed by atoms with Crippen LogP contribution >= 0.6 is 27.5 Å². The summed E-state index contributed by atoms with van der Waals surface area (Å²) < 4.78 is 12.6. The Balaban J connectivity index is 2.72. The molecule has 0 bridgehead atoms. The van der Waals surface area contributed by atoms with Crippen molar-refractivity contribution in [2.45, 2.75) is 0 Å². The predicted octanol–water partition coefficient (Wildman–Crippen LogP) is 3.48. The molecule has 0 aromatic heterocycles. The number of nitrogens with one attached hydrogen (secondary N) is 1. The Hall–Kier alpha value is -0.280. The van der Waals surface area contributed by atoms with Gasteiger partial charge in [0.15, 0.2) is 0 Å². The molecule has 66 valence electrons. The van der Waals surface area contributed by atoms with Crippen LogP contribution in [0.1, 0.15) is 0 Å². The molecule has 4 heteroatoms. The Kier molecular flexibility index (Phi) is 3.82. The zero-order chi connectivity index (χ0) is 8.97. The van der Waals surface area contributed by atoms with E-state index in [1.54, 1.807) is 12.1 Å². The standard InChI is InChI=1S/C8H8BrClFN/c9-7-5-6(10)1-2-8(7)12-4-3-11/h1-2,5,12H,3-4H2. The molecule has 0 saturated heterocycles. The summed E-state index contributed by atoms with van der Waals surface area (Å²) in [6.45, 7) is -0.0602. The average molecular weight is 253 g/mol. The minimum Gasteiger partial charge on any atom is -0.382 e. The number of benzene rings is 1. The van der Waals surface area contributed by atoms with Crippen molar-refractivity contribution in [2.24, 2.45) is 0 Å². The fourth-order valence-corrected chi connectivity index (χ4v) is 1.64. The zero-order valence-corrected chi connectivity index (χ0v) is 8.62. The quantitative estimate of drug-likeness (QED) is 0.868. The second-order valence-electron chi connectivity index (χ2n) is 2.24. The van der Waals surface area contributed by atoms with Gasteiger partial charge in [0.25, 0.3) is 0 Å². The molecular weight excluding hydrogens is 244 g/mol. The molecule has 0 radical (unpaired) electrons. The van der Waals surface area contributed by atoms with E-state index >= 15 is 0 Å². The Morgan fingerprint density at radius 3 is 2.83 bits per heavy atom. The Labute approximate surface area is 84.0 Å². The predicted molar refractivity (Wildman–Crippen MR) is 53.6 cm³/mol. The molecule has 1 N–H and O–H groups in total. The number of alkyl halides is 1. The highest BCUT2D eigenvalue weighted by atomic mass is 79.9. The van der Waals surface area contributed by atoms with Crippen LogP contribution in [0.3, 0.4) is 0 Å². The summed E-state index contributed by atoms with van der Waals surface area (Å²) >= 11 is 9.03. The van der Waals surface area contributed by atoms with Gasteiger partial charge in [-0.15, -0.1) is 0 Å².